The average molecular weight is 378 g/mol. The van der Waals surface area contributed by atoms with Crippen molar-refractivity contribution in [3.05, 3.63) is 78.5 Å². The van der Waals surface area contributed by atoms with E-state index in [1.165, 1.54) is 24.3 Å². The van der Waals surface area contributed by atoms with Crippen LogP contribution in [0.5, 0.6) is 0 Å². The second-order valence-corrected chi connectivity index (χ2v) is 7.11. The monoisotopic (exact) mass is 378 g/mol. The summed E-state index contributed by atoms with van der Waals surface area (Å²) >= 11 is 0. The van der Waals surface area contributed by atoms with E-state index in [0.717, 1.165) is 12.3 Å². The van der Waals surface area contributed by atoms with Crippen molar-refractivity contribution in [2.24, 2.45) is 0 Å². The Bertz CT molecular complexity index is 1000. The SMILES string of the molecule is O=S(=O)(Nc1cccc(-c2ccc(C(F)(F)F)cn2)c1)c1ccccc1. The zero-order valence-electron chi connectivity index (χ0n) is 13.2. The van der Waals surface area contributed by atoms with E-state index < -0.39 is 21.8 Å². The first kappa shape index (κ1) is 17.9. The number of anilines is 1. The number of nitrogens with zero attached hydrogens (tertiary/aromatic N) is 1. The van der Waals surface area contributed by atoms with Crippen LogP contribution in [0.4, 0.5) is 18.9 Å². The van der Waals surface area contributed by atoms with Gasteiger partial charge in [0.1, 0.15) is 0 Å². The maximum atomic E-state index is 12.6. The molecule has 0 atom stereocenters. The Morgan fingerprint density at radius 2 is 1.62 bits per heavy atom. The molecule has 0 bridgehead atoms. The van der Waals surface area contributed by atoms with Crippen molar-refractivity contribution in [3.8, 4) is 11.3 Å². The first-order valence-corrected chi connectivity index (χ1v) is 8.95. The standard InChI is InChI=1S/C18H13F3N2O2S/c19-18(20,21)14-9-10-17(22-12-14)13-5-4-6-15(11-13)23-26(24,25)16-7-2-1-3-8-16/h1-12,23H. The molecule has 134 valence electrons. The van der Waals surface area contributed by atoms with E-state index in [1.54, 1.807) is 36.4 Å². The van der Waals surface area contributed by atoms with Gasteiger partial charge in [-0.3, -0.25) is 9.71 Å². The summed E-state index contributed by atoms with van der Waals surface area (Å²) in [5, 5.41) is 0. The van der Waals surface area contributed by atoms with Crippen molar-refractivity contribution in [1.29, 1.82) is 0 Å². The number of halogens is 3. The maximum absolute atomic E-state index is 12.6. The van der Waals surface area contributed by atoms with E-state index in [1.807, 2.05) is 0 Å². The second kappa shape index (κ2) is 6.80. The van der Waals surface area contributed by atoms with Crippen molar-refractivity contribution in [2.45, 2.75) is 11.1 Å². The van der Waals surface area contributed by atoms with Crippen LogP contribution >= 0.6 is 0 Å². The van der Waals surface area contributed by atoms with Crippen molar-refractivity contribution in [1.82, 2.24) is 4.98 Å². The summed E-state index contributed by atoms with van der Waals surface area (Å²) in [7, 11) is -3.76. The number of nitrogens with one attached hydrogen (secondary N) is 1. The van der Waals surface area contributed by atoms with Crippen molar-refractivity contribution in [2.75, 3.05) is 4.72 Å². The van der Waals surface area contributed by atoms with Gasteiger partial charge < -0.3 is 0 Å². The molecular formula is C18H13F3N2O2S. The Hall–Kier alpha value is -2.87. The molecule has 0 radical (unpaired) electrons. The van der Waals surface area contributed by atoms with E-state index in [9.17, 15) is 21.6 Å². The van der Waals surface area contributed by atoms with Gasteiger partial charge in [-0.1, -0.05) is 30.3 Å². The highest BCUT2D eigenvalue weighted by Crippen LogP contribution is 2.30. The number of rotatable bonds is 4. The second-order valence-electron chi connectivity index (χ2n) is 5.43. The van der Waals surface area contributed by atoms with Gasteiger partial charge >= 0.3 is 6.18 Å². The predicted molar refractivity (Wildman–Crippen MR) is 91.9 cm³/mol. The molecule has 0 unspecified atom stereocenters. The Kier molecular flexibility index (Phi) is 4.69. The minimum absolute atomic E-state index is 0.109. The molecule has 0 saturated carbocycles. The number of alkyl halides is 3. The molecule has 26 heavy (non-hydrogen) atoms. The number of aromatic nitrogens is 1. The fourth-order valence-electron chi connectivity index (χ4n) is 2.29. The molecule has 0 fully saturated rings. The smallest absolute Gasteiger partial charge is 0.280 e. The number of hydrogen-bond acceptors (Lipinski definition) is 3. The number of pyridine rings is 1. The summed E-state index contributed by atoms with van der Waals surface area (Å²) in [5.41, 5.74) is 0.237. The quantitative estimate of drug-likeness (QED) is 0.724. The third-order valence-electron chi connectivity index (χ3n) is 3.55. The van der Waals surface area contributed by atoms with Crippen LogP contribution < -0.4 is 4.72 Å². The van der Waals surface area contributed by atoms with Gasteiger partial charge in [-0.25, -0.2) is 8.42 Å². The Labute approximate surface area is 148 Å². The van der Waals surface area contributed by atoms with Crippen LogP contribution in [-0.4, -0.2) is 13.4 Å². The zero-order valence-corrected chi connectivity index (χ0v) is 14.1. The normalized spacial score (nSPS) is 12.0. The van der Waals surface area contributed by atoms with E-state index in [-0.39, 0.29) is 10.6 Å². The summed E-state index contributed by atoms with van der Waals surface area (Å²) in [4.78, 5) is 3.92. The lowest BCUT2D eigenvalue weighted by Crippen LogP contribution is -2.12. The van der Waals surface area contributed by atoms with E-state index in [0.29, 0.717) is 11.3 Å². The minimum atomic E-state index is -4.46. The highest BCUT2D eigenvalue weighted by Gasteiger charge is 2.30. The topological polar surface area (TPSA) is 59.1 Å². The summed E-state index contributed by atoms with van der Waals surface area (Å²) in [5.74, 6) is 0. The molecule has 0 amide bonds. The van der Waals surface area contributed by atoms with Crippen LogP contribution in [0.25, 0.3) is 11.3 Å². The van der Waals surface area contributed by atoms with Gasteiger partial charge in [0.15, 0.2) is 0 Å². The third-order valence-corrected chi connectivity index (χ3v) is 4.95. The van der Waals surface area contributed by atoms with Gasteiger partial charge in [-0.05, 0) is 36.4 Å². The molecule has 3 rings (SSSR count). The van der Waals surface area contributed by atoms with E-state index in [4.69, 9.17) is 0 Å². The molecule has 1 aromatic heterocycles. The molecular weight excluding hydrogens is 365 g/mol. The summed E-state index contributed by atoms with van der Waals surface area (Å²) in [6, 6.07) is 16.3. The fraction of sp³-hybridized carbons (Fsp3) is 0.0556. The zero-order chi connectivity index (χ0) is 18.8. The lowest BCUT2D eigenvalue weighted by Gasteiger charge is -2.10. The van der Waals surface area contributed by atoms with Gasteiger partial charge in [0, 0.05) is 17.4 Å². The van der Waals surface area contributed by atoms with Crippen LogP contribution in [-0.2, 0) is 16.2 Å². The highest BCUT2D eigenvalue weighted by molar-refractivity contribution is 7.92. The molecule has 0 aliphatic rings. The Morgan fingerprint density at radius 1 is 0.885 bits per heavy atom. The molecule has 0 aliphatic carbocycles. The molecule has 4 nitrogen and oxygen atoms in total. The molecule has 0 spiro atoms. The minimum Gasteiger partial charge on any atom is -0.280 e. The number of benzene rings is 2. The molecule has 3 aromatic rings. The number of hydrogen-bond donors (Lipinski definition) is 1. The largest absolute Gasteiger partial charge is 0.417 e. The Balaban J connectivity index is 1.87. The molecule has 1 heterocycles. The molecule has 1 N–H and O–H groups in total. The summed E-state index contributed by atoms with van der Waals surface area (Å²) < 4.78 is 65.0. The van der Waals surface area contributed by atoms with Gasteiger partial charge in [0.2, 0.25) is 0 Å². The Morgan fingerprint density at radius 3 is 2.23 bits per heavy atom. The first-order valence-electron chi connectivity index (χ1n) is 7.47. The first-order chi connectivity index (χ1) is 12.3. The summed E-state index contributed by atoms with van der Waals surface area (Å²) in [6.07, 6.45) is -3.71. The highest BCUT2D eigenvalue weighted by atomic mass is 32.2. The van der Waals surface area contributed by atoms with Crippen LogP contribution in [0, 0.1) is 0 Å². The lowest BCUT2D eigenvalue weighted by molar-refractivity contribution is -0.137. The van der Waals surface area contributed by atoms with E-state index in [2.05, 4.69) is 9.71 Å². The van der Waals surface area contributed by atoms with Crippen molar-refractivity contribution < 1.29 is 21.6 Å². The van der Waals surface area contributed by atoms with Crippen LogP contribution in [0.1, 0.15) is 5.56 Å². The van der Waals surface area contributed by atoms with Crippen LogP contribution in [0.15, 0.2) is 77.8 Å². The van der Waals surface area contributed by atoms with Crippen LogP contribution in [0.2, 0.25) is 0 Å². The van der Waals surface area contributed by atoms with Gasteiger partial charge in [0.25, 0.3) is 10.0 Å². The molecule has 2 aromatic carbocycles. The summed E-state index contributed by atoms with van der Waals surface area (Å²) in [6.45, 7) is 0. The molecule has 0 aliphatic heterocycles. The van der Waals surface area contributed by atoms with E-state index >= 15 is 0 Å². The van der Waals surface area contributed by atoms with Gasteiger partial charge in [-0.2, -0.15) is 13.2 Å². The van der Waals surface area contributed by atoms with Crippen molar-refractivity contribution in [3.63, 3.8) is 0 Å². The fourth-order valence-corrected chi connectivity index (χ4v) is 3.36. The van der Waals surface area contributed by atoms with Gasteiger partial charge in [-0.15, -0.1) is 0 Å². The maximum Gasteiger partial charge on any atom is 0.417 e. The lowest BCUT2D eigenvalue weighted by atomic mass is 10.1. The van der Waals surface area contributed by atoms with Gasteiger partial charge in [0.05, 0.1) is 16.2 Å². The predicted octanol–water partition coefficient (Wildman–Crippen LogP) is 4.57. The number of sulfonamides is 1. The average Bonchev–Trinajstić information content (AvgIpc) is 2.62. The third kappa shape index (κ3) is 4.02. The van der Waals surface area contributed by atoms with Crippen molar-refractivity contribution >= 4 is 15.7 Å². The van der Waals surface area contributed by atoms with Crippen LogP contribution in [0.3, 0.4) is 0 Å². The molecule has 0 saturated heterocycles. The molecule has 8 heteroatoms.